The van der Waals surface area contributed by atoms with Gasteiger partial charge in [0.25, 0.3) is 0 Å². The number of halogens is 1. The van der Waals surface area contributed by atoms with Crippen molar-refractivity contribution in [2.45, 2.75) is 24.2 Å². The van der Waals surface area contributed by atoms with Gasteiger partial charge in [0.2, 0.25) is 0 Å². The Kier molecular flexibility index (Phi) is 2.65. The molecule has 1 fully saturated rings. The fourth-order valence-corrected chi connectivity index (χ4v) is 3.74. The Morgan fingerprint density at radius 1 is 1.53 bits per heavy atom. The predicted octanol–water partition coefficient (Wildman–Crippen LogP) is 3.80. The molecule has 1 N–H and O–H groups in total. The van der Waals surface area contributed by atoms with Crippen LogP contribution in [0, 0.1) is 0 Å². The fraction of sp³-hybridized carbons (Fsp3) is 0.385. The van der Waals surface area contributed by atoms with Gasteiger partial charge in [0.1, 0.15) is 11.4 Å². The summed E-state index contributed by atoms with van der Waals surface area (Å²) < 4.78 is 5.74. The van der Waals surface area contributed by atoms with E-state index in [1.54, 1.807) is 17.8 Å². The van der Waals surface area contributed by atoms with Crippen molar-refractivity contribution < 1.29 is 9.52 Å². The molecular formula is C13H13ClO2S. The van der Waals surface area contributed by atoms with Gasteiger partial charge in [-0.2, -0.15) is 11.8 Å². The predicted molar refractivity (Wildman–Crippen MR) is 71.7 cm³/mol. The van der Waals surface area contributed by atoms with E-state index in [-0.39, 0.29) is 0 Å². The molecule has 2 heterocycles. The lowest BCUT2D eigenvalue weighted by Crippen LogP contribution is -2.24. The Morgan fingerprint density at radius 3 is 3.00 bits per heavy atom. The van der Waals surface area contributed by atoms with E-state index in [1.807, 2.05) is 18.2 Å². The first-order valence-electron chi connectivity index (χ1n) is 5.61. The van der Waals surface area contributed by atoms with Crippen LogP contribution in [0.25, 0.3) is 11.0 Å². The Morgan fingerprint density at radius 2 is 2.35 bits per heavy atom. The van der Waals surface area contributed by atoms with E-state index in [0.717, 1.165) is 11.8 Å². The molecule has 0 bridgehead atoms. The van der Waals surface area contributed by atoms with Crippen LogP contribution in [0.3, 0.4) is 0 Å². The summed E-state index contributed by atoms with van der Waals surface area (Å²) in [6.07, 6.45) is 0.731. The molecule has 0 radical (unpaired) electrons. The zero-order chi connectivity index (χ0) is 12.0. The summed E-state index contributed by atoms with van der Waals surface area (Å²) in [5, 5.41) is 12.6. The minimum atomic E-state index is -0.841. The van der Waals surface area contributed by atoms with Crippen molar-refractivity contribution in [1.29, 1.82) is 0 Å². The summed E-state index contributed by atoms with van der Waals surface area (Å²) in [6, 6.07) is 7.54. The van der Waals surface area contributed by atoms with Crippen molar-refractivity contribution in [3.63, 3.8) is 0 Å². The van der Waals surface area contributed by atoms with E-state index in [0.29, 0.717) is 27.4 Å². The number of thioether (sulfide) groups is 1. The molecule has 90 valence electrons. The van der Waals surface area contributed by atoms with E-state index < -0.39 is 5.60 Å². The Bertz CT molecular complexity index is 566. The molecule has 2 nitrogen and oxygen atoms in total. The standard InChI is InChI=1S/C13H13ClO2S/c1-8-6-13(15,7-17-8)11-5-9-3-2-4-10(14)12(9)16-11/h2-5,8,15H,6-7H2,1H3. The lowest BCUT2D eigenvalue weighted by Gasteiger charge is -2.18. The number of benzene rings is 1. The van der Waals surface area contributed by atoms with Crippen LogP contribution >= 0.6 is 23.4 Å². The number of hydrogen-bond donors (Lipinski definition) is 1. The van der Waals surface area contributed by atoms with Crippen LogP contribution < -0.4 is 0 Å². The minimum Gasteiger partial charge on any atom is -0.456 e. The van der Waals surface area contributed by atoms with Crippen LogP contribution in [0.15, 0.2) is 28.7 Å². The number of fused-ring (bicyclic) bond motifs is 1. The van der Waals surface area contributed by atoms with Crippen LogP contribution in [-0.2, 0) is 5.60 Å². The Labute approximate surface area is 109 Å². The first-order valence-corrected chi connectivity index (χ1v) is 7.04. The van der Waals surface area contributed by atoms with Crippen LogP contribution in [0.1, 0.15) is 19.1 Å². The first kappa shape index (κ1) is 11.5. The highest BCUT2D eigenvalue weighted by Gasteiger charge is 2.40. The average Bonchev–Trinajstić information content (AvgIpc) is 2.85. The minimum absolute atomic E-state index is 0.462. The van der Waals surface area contributed by atoms with Gasteiger partial charge in [-0.1, -0.05) is 30.7 Å². The molecule has 0 amide bonds. The number of furan rings is 1. The van der Waals surface area contributed by atoms with E-state index >= 15 is 0 Å². The third-order valence-electron chi connectivity index (χ3n) is 3.19. The molecule has 4 heteroatoms. The van der Waals surface area contributed by atoms with Gasteiger partial charge < -0.3 is 9.52 Å². The summed E-state index contributed by atoms with van der Waals surface area (Å²) in [6.45, 7) is 2.12. The molecule has 0 saturated carbocycles. The third kappa shape index (κ3) is 1.86. The van der Waals surface area contributed by atoms with Crippen molar-refractivity contribution in [2.24, 2.45) is 0 Å². The largest absolute Gasteiger partial charge is 0.456 e. The summed E-state index contributed by atoms with van der Waals surface area (Å²) in [4.78, 5) is 0. The number of hydrogen-bond acceptors (Lipinski definition) is 3. The van der Waals surface area contributed by atoms with E-state index in [4.69, 9.17) is 16.0 Å². The summed E-state index contributed by atoms with van der Waals surface area (Å²) in [7, 11) is 0. The Balaban J connectivity index is 2.10. The first-order chi connectivity index (χ1) is 8.08. The number of rotatable bonds is 1. The fourth-order valence-electron chi connectivity index (χ4n) is 2.30. The molecule has 0 aliphatic carbocycles. The van der Waals surface area contributed by atoms with Crippen molar-refractivity contribution in [1.82, 2.24) is 0 Å². The van der Waals surface area contributed by atoms with Crippen LogP contribution in [-0.4, -0.2) is 16.1 Å². The highest BCUT2D eigenvalue weighted by atomic mass is 35.5. The molecule has 0 spiro atoms. The summed E-state index contributed by atoms with van der Waals surface area (Å²) in [5.41, 5.74) is -0.172. The maximum absolute atomic E-state index is 10.6. The van der Waals surface area contributed by atoms with Crippen LogP contribution in [0.4, 0.5) is 0 Å². The highest BCUT2D eigenvalue weighted by Crippen LogP contribution is 2.43. The second kappa shape index (κ2) is 3.94. The second-order valence-corrected chi connectivity index (χ2v) is 6.46. The molecule has 2 atom stereocenters. The van der Waals surface area contributed by atoms with Crippen molar-refractivity contribution >= 4 is 34.3 Å². The van der Waals surface area contributed by atoms with Gasteiger partial charge in [0.15, 0.2) is 5.58 Å². The van der Waals surface area contributed by atoms with Gasteiger partial charge in [0.05, 0.1) is 5.02 Å². The molecule has 1 saturated heterocycles. The van der Waals surface area contributed by atoms with Crippen molar-refractivity contribution in [2.75, 3.05) is 5.75 Å². The zero-order valence-corrected chi connectivity index (χ0v) is 11.0. The van der Waals surface area contributed by atoms with Crippen LogP contribution in [0.5, 0.6) is 0 Å². The maximum atomic E-state index is 10.6. The van der Waals surface area contributed by atoms with E-state index in [1.165, 1.54) is 0 Å². The monoisotopic (exact) mass is 268 g/mol. The maximum Gasteiger partial charge on any atom is 0.153 e. The molecule has 2 unspecified atom stereocenters. The van der Waals surface area contributed by atoms with Gasteiger partial charge in [-0.15, -0.1) is 0 Å². The smallest absolute Gasteiger partial charge is 0.153 e. The van der Waals surface area contributed by atoms with E-state index in [9.17, 15) is 5.11 Å². The lowest BCUT2D eigenvalue weighted by molar-refractivity contribution is 0.0396. The van der Waals surface area contributed by atoms with Gasteiger partial charge in [-0.25, -0.2) is 0 Å². The van der Waals surface area contributed by atoms with E-state index in [2.05, 4.69) is 6.92 Å². The van der Waals surface area contributed by atoms with Crippen LogP contribution in [0.2, 0.25) is 5.02 Å². The quantitative estimate of drug-likeness (QED) is 0.854. The molecule has 1 aliphatic heterocycles. The van der Waals surface area contributed by atoms with Gasteiger partial charge in [-0.3, -0.25) is 0 Å². The molecule has 3 rings (SSSR count). The normalized spacial score (nSPS) is 29.0. The van der Waals surface area contributed by atoms with Gasteiger partial charge in [-0.05, 0) is 18.6 Å². The summed E-state index contributed by atoms with van der Waals surface area (Å²) >= 11 is 7.84. The average molecular weight is 269 g/mol. The van der Waals surface area contributed by atoms with Gasteiger partial charge >= 0.3 is 0 Å². The lowest BCUT2D eigenvalue weighted by atomic mass is 9.97. The zero-order valence-electron chi connectivity index (χ0n) is 9.44. The molecule has 17 heavy (non-hydrogen) atoms. The SMILES string of the molecule is CC1CC(O)(c2cc3cccc(Cl)c3o2)CS1. The van der Waals surface area contributed by atoms with Gasteiger partial charge in [0, 0.05) is 16.4 Å². The molecule has 1 aliphatic rings. The number of para-hydroxylation sites is 1. The molecular weight excluding hydrogens is 256 g/mol. The highest BCUT2D eigenvalue weighted by molar-refractivity contribution is 8.00. The topological polar surface area (TPSA) is 33.4 Å². The molecule has 1 aromatic carbocycles. The molecule has 1 aromatic heterocycles. The molecule has 2 aromatic rings. The second-order valence-electron chi connectivity index (χ2n) is 4.63. The Hall–Kier alpha value is -0.640. The number of aliphatic hydroxyl groups is 1. The third-order valence-corrected chi connectivity index (χ3v) is 4.86. The van der Waals surface area contributed by atoms with Crippen molar-refractivity contribution in [3.05, 3.63) is 35.0 Å². The summed E-state index contributed by atoms with van der Waals surface area (Å²) in [5.74, 6) is 1.32. The van der Waals surface area contributed by atoms with Crippen molar-refractivity contribution in [3.8, 4) is 0 Å².